The van der Waals surface area contributed by atoms with Gasteiger partial charge in [0.1, 0.15) is 5.75 Å². The van der Waals surface area contributed by atoms with Crippen molar-refractivity contribution in [2.45, 2.75) is 6.92 Å². The van der Waals surface area contributed by atoms with Crippen LogP contribution in [0.25, 0.3) is 0 Å². The van der Waals surface area contributed by atoms with Gasteiger partial charge in [0, 0.05) is 38.1 Å². The highest BCUT2D eigenvalue weighted by Gasteiger charge is 2.21. The number of carbonyl (C=O) groups excluding carboxylic acids is 1. The second-order valence-corrected chi connectivity index (χ2v) is 6.57. The molecule has 0 spiro atoms. The molecule has 7 heteroatoms. The molecule has 1 aliphatic heterocycles. The minimum absolute atomic E-state index is 0.0182. The molecule has 138 valence electrons. The van der Waals surface area contributed by atoms with Crippen molar-refractivity contribution < 1.29 is 9.53 Å². The van der Waals surface area contributed by atoms with Crippen LogP contribution in [0.15, 0.2) is 36.7 Å². The lowest BCUT2D eigenvalue weighted by molar-refractivity contribution is 0.0643. The summed E-state index contributed by atoms with van der Waals surface area (Å²) in [6.45, 7) is 6.49. The zero-order valence-corrected chi connectivity index (χ0v) is 15.8. The summed E-state index contributed by atoms with van der Waals surface area (Å²) in [5, 5.41) is 3.75. The molecule has 0 aliphatic carbocycles. The summed E-state index contributed by atoms with van der Waals surface area (Å²) in [6.07, 6.45) is 3.30. The largest absolute Gasteiger partial charge is 0.495 e. The number of hydrogen-bond acceptors (Lipinski definition) is 5. The Morgan fingerprint density at radius 1 is 1.19 bits per heavy atom. The zero-order valence-electron chi connectivity index (χ0n) is 15.0. The van der Waals surface area contributed by atoms with Crippen LogP contribution in [0.5, 0.6) is 5.75 Å². The van der Waals surface area contributed by atoms with Gasteiger partial charge < -0.3 is 19.9 Å². The number of rotatable bonds is 5. The first-order chi connectivity index (χ1) is 12.6. The number of nitrogens with zero attached hydrogens (tertiary/aromatic N) is 3. The third-order valence-corrected chi connectivity index (χ3v) is 4.83. The molecule has 0 unspecified atom stereocenters. The average Bonchev–Trinajstić information content (AvgIpc) is 2.68. The van der Waals surface area contributed by atoms with Gasteiger partial charge in [-0.3, -0.25) is 9.78 Å². The SMILES string of the molecule is CCN1CCN(C(=O)c2cncc(Nc3ccc(OC)c(Cl)c3)c2)CC1. The number of nitrogens with one attached hydrogen (secondary N) is 1. The molecule has 26 heavy (non-hydrogen) atoms. The van der Waals surface area contributed by atoms with Crippen molar-refractivity contribution in [3.8, 4) is 5.75 Å². The molecule has 0 radical (unpaired) electrons. The van der Waals surface area contributed by atoms with Crippen LogP contribution in [-0.4, -0.2) is 60.5 Å². The van der Waals surface area contributed by atoms with E-state index in [1.165, 1.54) is 0 Å². The van der Waals surface area contributed by atoms with Crippen molar-refractivity contribution >= 4 is 28.9 Å². The summed E-state index contributed by atoms with van der Waals surface area (Å²) in [7, 11) is 1.58. The van der Waals surface area contributed by atoms with Gasteiger partial charge in [0.2, 0.25) is 0 Å². The van der Waals surface area contributed by atoms with E-state index < -0.39 is 0 Å². The molecule has 1 aliphatic rings. The molecular weight excluding hydrogens is 352 g/mol. The molecule has 1 saturated heterocycles. The lowest BCUT2D eigenvalue weighted by Crippen LogP contribution is -2.48. The summed E-state index contributed by atoms with van der Waals surface area (Å²) < 4.78 is 5.16. The summed E-state index contributed by atoms with van der Waals surface area (Å²) in [6, 6.07) is 7.25. The number of carbonyl (C=O) groups is 1. The van der Waals surface area contributed by atoms with Gasteiger partial charge in [-0.05, 0) is 30.8 Å². The van der Waals surface area contributed by atoms with E-state index in [9.17, 15) is 4.79 Å². The quantitative estimate of drug-likeness (QED) is 0.870. The Morgan fingerprint density at radius 3 is 2.62 bits per heavy atom. The number of likely N-dealkylation sites (N-methyl/N-ethyl adjacent to an activating group) is 1. The van der Waals surface area contributed by atoms with Crippen LogP contribution < -0.4 is 10.1 Å². The van der Waals surface area contributed by atoms with Crippen LogP contribution in [0.3, 0.4) is 0 Å². The topological polar surface area (TPSA) is 57.7 Å². The number of ether oxygens (including phenoxy) is 1. The zero-order chi connectivity index (χ0) is 18.5. The Hall–Kier alpha value is -2.31. The molecular formula is C19H23ClN4O2. The van der Waals surface area contributed by atoms with E-state index in [2.05, 4.69) is 22.1 Å². The fraction of sp³-hybridized carbons (Fsp3) is 0.368. The molecule has 3 rings (SSSR count). The third-order valence-electron chi connectivity index (χ3n) is 4.53. The lowest BCUT2D eigenvalue weighted by atomic mass is 10.2. The smallest absolute Gasteiger partial charge is 0.255 e. The van der Waals surface area contributed by atoms with Gasteiger partial charge in [-0.25, -0.2) is 0 Å². The van der Waals surface area contributed by atoms with E-state index in [1.807, 2.05) is 17.0 Å². The standard InChI is InChI=1S/C19H23ClN4O2/c1-3-23-6-8-24(9-7-23)19(25)14-10-16(13-21-12-14)22-15-4-5-18(26-2)17(20)11-15/h4-5,10-13,22H,3,6-9H2,1-2H3. The molecule has 2 aromatic rings. The first-order valence-corrected chi connectivity index (χ1v) is 9.05. The van der Waals surface area contributed by atoms with Gasteiger partial charge in [0.15, 0.2) is 0 Å². The van der Waals surface area contributed by atoms with Crippen molar-refractivity contribution in [2.24, 2.45) is 0 Å². The van der Waals surface area contributed by atoms with Crippen LogP contribution in [-0.2, 0) is 0 Å². The molecule has 1 aromatic carbocycles. The fourth-order valence-electron chi connectivity index (χ4n) is 2.99. The first-order valence-electron chi connectivity index (χ1n) is 8.68. The van der Waals surface area contributed by atoms with Crippen LogP contribution >= 0.6 is 11.6 Å². The number of methoxy groups -OCH3 is 1. The Morgan fingerprint density at radius 2 is 1.96 bits per heavy atom. The van der Waals surface area contributed by atoms with E-state index in [1.54, 1.807) is 31.6 Å². The first kappa shape index (κ1) is 18.5. The molecule has 1 N–H and O–H groups in total. The fourth-order valence-corrected chi connectivity index (χ4v) is 3.24. The van der Waals surface area contributed by atoms with Gasteiger partial charge in [-0.1, -0.05) is 18.5 Å². The molecule has 2 heterocycles. The maximum Gasteiger partial charge on any atom is 0.255 e. The van der Waals surface area contributed by atoms with Crippen LogP contribution in [0, 0.1) is 0 Å². The Bertz CT molecular complexity index is 776. The predicted octanol–water partition coefficient (Wildman–Crippen LogP) is 3.26. The van der Waals surface area contributed by atoms with E-state index >= 15 is 0 Å². The second kappa shape index (κ2) is 8.38. The molecule has 0 saturated carbocycles. The number of halogens is 1. The molecule has 1 fully saturated rings. The number of pyridine rings is 1. The average molecular weight is 375 g/mol. The van der Waals surface area contributed by atoms with E-state index in [0.29, 0.717) is 16.3 Å². The van der Waals surface area contributed by atoms with Crippen molar-refractivity contribution in [1.29, 1.82) is 0 Å². The monoisotopic (exact) mass is 374 g/mol. The molecule has 1 aromatic heterocycles. The highest BCUT2D eigenvalue weighted by atomic mass is 35.5. The maximum absolute atomic E-state index is 12.7. The molecule has 1 amide bonds. The van der Waals surface area contributed by atoms with Crippen LogP contribution in [0.2, 0.25) is 5.02 Å². The number of anilines is 2. The number of benzene rings is 1. The van der Waals surface area contributed by atoms with Crippen molar-refractivity contribution in [3.05, 3.63) is 47.2 Å². The Kier molecular flexibility index (Phi) is 5.96. The lowest BCUT2D eigenvalue weighted by Gasteiger charge is -2.34. The molecule has 6 nitrogen and oxygen atoms in total. The highest BCUT2D eigenvalue weighted by Crippen LogP contribution is 2.28. The summed E-state index contributed by atoms with van der Waals surface area (Å²) in [5.74, 6) is 0.634. The minimum atomic E-state index is 0.0182. The Balaban J connectivity index is 1.70. The van der Waals surface area contributed by atoms with Gasteiger partial charge in [-0.15, -0.1) is 0 Å². The molecule has 0 bridgehead atoms. The normalized spacial score (nSPS) is 15.0. The second-order valence-electron chi connectivity index (χ2n) is 6.16. The number of amides is 1. The maximum atomic E-state index is 12.7. The number of aromatic nitrogens is 1. The van der Waals surface area contributed by atoms with E-state index in [-0.39, 0.29) is 5.91 Å². The van der Waals surface area contributed by atoms with Gasteiger partial charge in [0.05, 0.1) is 29.6 Å². The van der Waals surface area contributed by atoms with Gasteiger partial charge in [0.25, 0.3) is 5.91 Å². The van der Waals surface area contributed by atoms with Crippen molar-refractivity contribution in [3.63, 3.8) is 0 Å². The van der Waals surface area contributed by atoms with Crippen molar-refractivity contribution in [1.82, 2.24) is 14.8 Å². The van der Waals surface area contributed by atoms with E-state index in [4.69, 9.17) is 16.3 Å². The number of piperazine rings is 1. The predicted molar refractivity (Wildman–Crippen MR) is 104 cm³/mol. The van der Waals surface area contributed by atoms with Gasteiger partial charge in [-0.2, -0.15) is 0 Å². The van der Waals surface area contributed by atoms with E-state index in [0.717, 1.165) is 44.1 Å². The number of hydrogen-bond donors (Lipinski definition) is 1. The summed E-state index contributed by atoms with van der Waals surface area (Å²) >= 11 is 6.16. The van der Waals surface area contributed by atoms with Crippen LogP contribution in [0.1, 0.15) is 17.3 Å². The molecule has 0 atom stereocenters. The summed E-state index contributed by atoms with van der Waals surface area (Å²) in [5.41, 5.74) is 2.13. The summed E-state index contributed by atoms with van der Waals surface area (Å²) in [4.78, 5) is 21.2. The third kappa shape index (κ3) is 4.26. The van der Waals surface area contributed by atoms with Gasteiger partial charge >= 0.3 is 0 Å². The Labute approximate surface area is 158 Å². The van der Waals surface area contributed by atoms with Crippen molar-refractivity contribution in [2.75, 3.05) is 45.2 Å². The minimum Gasteiger partial charge on any atom is -0.495 e. The van der Waals surface area contributed by atoms with Crippen LogP contribution in [0.4, 0.5) is 11.4 Å². The highest BCUT2D eigenvalue weighted by molar-refractivity contribution is 6.32.